The Morgan fingerprint density at radius 3 is 2.25 bits per heavy atom. The highest BCUT2D eigenvalue weighted by atomic mass is 16.6. The minimum atomic E-state index is -1.38. The van der Waals surface area contributed by atoms with Crippen molar-refractivity contribution in [1.29, 1.82) is 0 Å². The lowest BCUT2D eigenvalue weighted by Crippen LogP contribution is -2.27. The number of carboxylic acids is 1. The summed E-state index contributed by atoms with van der Waals surface area (Å²) < 4.78 is 0. The van der Waals surface area contributed by atoms with Crippen molar-refractivity contribution in [1.82, 2.24) is 5.32 Å². The molecular formula is C17H14N2O5. The smallest absolute Gasteiger partial charge is 0.341 e. The van der Waals surface area contributed by atoms with Crippen molar-refractivity contribution in [2.45, 2.75) is 6.54 Å². The average Bonchev–Trinajstić information content (AvgIpc) is 2.58. The number of hydrogen-bond acceptors (Lipinski definition) is 4. The van der Waals surface area contributed by atoms with Gasteiger partial charge in [0.15, 0.2) is 0 Å². The summed E-state index contributed by atoms with van der Waals surface area (Å²) in [7, 11) is 0. The molecule has 0 unspecified atom stereocenters. The third-order valence-corrected chi connectivity index (χ3v) is 3.19. The molecule has 0 atom stereocenters. The maximum atomic E-state index is 12.1. The molecule has 0 aromatic heterocycles. The van der Waals surface area contributed by atoms with Gasteiger partial charge in [-0.1, -0.05) is 30.3 Å². The summed E-state index contributed by atoms with van der Waals surface area (Å²) in [6, 6.07) is 14.3. The van der Waals surface area contributed by atoms with Gasteiger partial charge in [0.05, 0.1) is 4.92 Å². The lowest BCUT2D eigenvalue weighted by molar-refractivity contribution is -0.384. The molecule has 0 heterocycles. The van der Waals surface area contributed by atoms with Crippen LogP contribution in [0.4, 0.5) is 5.69 Å². The molecule has 0 aliphatic carbocycles. The first-order valence-corrected chi connectivity index (χ1v) is 6.99. The molecule has 0 radical (unpaired) electrons. The fourth-order valence-corrected chi connectivity index (χ4v) is 1.96. The molecule has 7 nitrogen and oxygen atoms in total. The number of carbonyl (C=O) groups is 2. The first-order valence-electron chi connectivity index (χ1n) is 6.99. The Labute approximate surface area is 137 Å². The van der Waals surface area contributed by atoms with Gasteiger partial charge in [-0.15, -0.1) is 0 Å². The molecule has 2 rings (SSSR count). The first kappa shape index (κ1) is 16.9. The van der Waals surface area contributed by atoms with Gasteiger partial charge in [0.1, 0.15) is 5.57 Å². The van der Waals surface area contributed by atoms with Crippen LogP contribution in [0.1, 0.15) is 11.1 Å². The monoisotopic (exact) mass is 326 g/mol. The molecule has 0 saturated heterocycles. The zero-order valence-corrected chi connectivity index (χ0v) is 12.5. The molecule has 0 aliphatic rings. The van der Waals surface area contributed by atoms with E-state index in [0.29, 0.717) is 5.56 Å². The molecule has 7 heteroatoms. The molecule has 2 aromatic carbocycles. The number of aliphatic carboxylic acids is 1. The second-order valence-corrected chi connectivity index (χ2v) is 4.88. The number of rotatable bonds is 6. The Kier molecular flexibility index (Phi) is 5.40. The highest BCUT2D eigenvalue weighted by molar-refractivity contribution is 6.19. The van der Waals surface area contributed by atoms with Crippen molar-refractivity contribution in [3.05, 3.63) is 81.4 Å². The van der Waals surface area contributed by atoms with Crippen LogP contribution in [0.3, 0.4) is 0 Å². The van der Waals surface area contributed by atoms with Crippen molar-refractivity contribution in [3.63, 3.8) is 0 Å². The highest BCUT2D eigenvalue weighted by Gasteiger charge is 2.17. The van der Waals surface area contributed by atoms with Gasteiger partial charge in [0.2, 0.25) is 0 Å². The second kappa shape index (κ2) is 7.68. The molecule has 0 saturated carbocycles. The van der Waals surface area contributed by atoms with Crippen molar-refractivity contribution in [3.8, 4) is 0 Å². The zero-order valence-electron chi connectivity index (χ0n) is 12.5. The molecule has 0 fully saturated rings. The number of nitrogens with one attached hydrogen (secondary N) is 1. The van der Waals surface area contributed by atoms with E-state index in [4.69, 9.17) is 0 Å². The fraction of sp³-hybridized carbons (Fsp3) is 0.0588. The van der Waals surface area contributed by atoms with E-state index in [1.165, 1.54) is 30.3 Å². The summed E-state index contributed by atoms with van der Waals surface area (Å²) in [6.07, 6.45) is 1.17. The summed E-state index contributed by atoms with van der Waals surface area (Å²) in [6.45, 7) is 0.199. The quantitative estimate of drug-likeness (QED) is 0.278. The van der Waals surface area contributed by atoms with Gasteiger partial charge in [0, 0.05) is 18.7 Å². The summed E-state index contributed by atoms with van der Waals surface area (Å²) in [4.78, 5) is 33.4. The molecular weight excluding hydrogens is 312 g/mol. The number of hydrogen-bond donors (Lipinski definition) is 2. The van der Waals surface area contributed by atoms with Gasteiger partial charge in [0.25, 0.3) is 11.6 Å². The van der Waals surface area contributed by atoms with Crippen molar-refractivity contribution >= 4 is 23.6 Å². The summed E-state index contributed by atoms with van der Waals surface area (Å²) >= 11 is 0. The molecule has 2 N–H and O–H groups in total. The number of benzene rings is 2. The molecule has 0 spiro atoms. The van der Waals surface area contributed by atoms with E-state index >= 15 is 0 Å². The third-order valence-electron chi connectivity index (χ3n) is 3.19. The number of carbonyl (C=O) groups excluding carboxylic acids is 1. The Hall–Kier alpha value is -3.48. The van der Waals surface area contributed by atoms with Gasteiger partial charge in [-0.2, -0.15) is 0 Å². The molecule has 0 bridgehead atoms. The van der Waals surface area contributed by atoms with E-state index in [1.807, 2.05) is 18.2 Å². The number of nitrogens with zero attached hydrogens (tertiary/aromatic N) is 1. The normalized spacial score (nSPS) is 10.9. The van der Waals surface area contributed by atoms with Crippen LogP contribution in [-0.4, -0.2) is 21.9 Å². The minimum absolute atomic E-state index is 0.113. The van der Waals surface area contributed by atoms with E-state index in [0.717, 1.165) is 5.56 Å². The van der Waals surface area contributed by atoms with Crippen LogP contribution in [0, 0.1) is 10.1 Å². The maximum Gasteiger partial charge on any atom is 0.341 e. The van der Waals surface area contributed by atoms with Crippen LogP contribution < -0.4 is 5.32 Å². The van der Waals surface area contributed by atoms with Crippen molar-refractivity contribution < 1.29 is 19.6 Å². The lowest BCUT2D eigenvalue weighted by Gasteiger charge is -2.06. The zero-order chi connectivity index (χ0) is 17.5. The Morgan fingerprint density at radius 2 is 1.71 bits per heavy atom. The topological polar surface area (TPSA) is 110 Å². The van der Waals surface area contributed by atoms with Crippen LogP contribution in [-0.2, 0) is 16.1 Å². The van der Waals surface area contributed by atoms with Gasteiger partial charge in [-0.3, -0.25) is 14.9 Å². The van der Waals surface area contributed by atoms with Gasteiger partial charge in [-0.25, -0.2) is 4.79 Å². The maximum absolute atomic E-state index is 12.1. The summed E-state index contributed by atoms with van der Waals surface area (Å²) in [5, 5.41) is 22.3. The number of amides is 1. The number of non-ortho nitro benzene ring substituents is 1. The van der Waals surface area contributed by atoms with E-state index in [1.54, 1.807) is 12.1 Å². The minimum Gasteiger partial charge on any atom is -0.477 e. The van der Waals surface area contributed by atoms with Crippen LogP contribution in [0.5, 0.6) is 0 Å². The molecule has 0 aliphatic heterocycles. The number of carboxylic acid groups (broad SMARTS) is 1. The Balaban J connectivity index is 2.14. The molecule has 1 amide bonds. The van der Waals surface area contributed by atoms with Crippen LogP contribution in [0.15, 0.2) is 60.2 Å². The third kappa shape index (κ3) is 4.51. The van der Waals surface area contributed by atoms with Gasteiger partial charge in [-0.05, 0) is 29.3 Å². The summed E-state index contributed by atoms with van der Waals surface area (Å²) in [5.41, 5.74) is 0.663. The number of nitro groups is 1. The standard InChI is InChI=1S/C17H14N2O5/c20-16(18-11-13-4-2-1-3-5-13)15(17(21)22)10-12-6-8-14(9-7-12)19(23)24/h1-10H,11H2,(H,18,20)(H,21,22)/b15-10+. The predicted molar refractivity (Wildman–Crippen MR) is 87.0 cm³/mol. The van der Waals surface area contributed by atoms with Crippen molar-refractivity contribution in [2.24, 2.45) is 0 Å². The fourth-order valence-electron chi connectivity index (χ4n) is 1.96. The predicted octanol–water partition coefficient (Wildman–Crippen LogP) is 2.38. The van der Waals surface area contributed by atoms with Crippen LogP contribution in [0.2, 0.25) is 0 Å². The SMILES string of the molecule is O=C(O)/C(=C/c1ccc([N+](=O)[O-])cc1)C(=O)NCc1ccccc1. The van der Waals surface area contributed by atoms with Gasteiger partial charge < -0.3 is 10.4 Å². The summed E-state index contributed by atoms with van der Waals surface area (Å²) in [5.74, 6) is -2.11. The average molecular weight is 326 g/mol. The molecule has 122 valence electrons. The van der Waals surface area contributed by atoms with E-state index < -0.39 is 22.4 Å². The molecule has 2 aromatic rings. The largest absolute Gasteiger partial charge is 0.477 e. The highest BCUT2D eigenvalue weighted by Crippen LogP contribution is 2.14. The second-order valence-electron chi connectivity index (χ2n) is 4.88. The first-order chi connectivity index (χ1) is 11.5. The van der Waals surface area contributed by atoms with E-state index in [9.17, 15) is 24.8 Å². The Bertz CT molecular complexity index is 782. The van der Waals surface area contributed by atoms with E-state index in [2.05, 4.69) is 5.32 Å². The Morgan fingerprint density at radius 1 is 1.08 bits per heavy atom. The van der Waals surface area contributed by atoms with Crippen LogP contribution >= 0.6 is 0 Å². The van der Waals surface area contributed by atoms with Gasteiger partial charge >= 0.3 is 5.97 Å². The number of nitro benzene ring substituents is 1. The van der Waals surface area contributed by atoms with Crippen LogP contribution in [0.25, 0.3) is 6.08 Å². The van der Waals surface area contributed by atoms with E-state index in [-0.39, 0.29) is 12.2 Å². The molecule has 24 heavy (non-hydrogen) atoms. The lowest BCUT2D eigenvalue weighted by atomic mass is 10.1. The van der Waals surface area contributed by atoms with Crippen molar-refractivity contribution in [2.75, 3.05) is 0 Å².